The first kappa shape index (κ1) is 22.2. The van der Waals surface area contributed by atoms with E-state index >= 15 is 0 Å². The van der Waals surface area contributed by atoms with Gasteiger partial charge in [0.1, 0.15) is 5.75 Å². The molecule has 1 saturated carbocycles. The van der Waals surface area contributed by atoms with E-state index in [4.69, 9.17) is 9.16 Å². The SMILES string of the molecule is Cc1cc(C)c(C(C)(C)CCO[Si](C)(C)C(C)(C)C)c(OC(=O)C2CC2)c1. The van der Waals surface area contributed by atoms with Gasteiger partial charge >= 0.3 is 5.97 Å². The topological polar surface area (TPSA) is 35.5 Å². The van der Waals surface area contributed by atoms with Crippen LogP contribution in [0.3, 0.4) is 0 Å². The highest BCUT2D eigenvalue weighted by molar-refractivity contribution is 6.74. The molecule has 0 aromatic heterocycles. The summed E-state index contributed by atoms with van der Waals surface area (Å²) in [6.45, 7) is 20.7. The molecule has 0 atom stereocenters. The molecule has 3 nitrogen and oxygen atoms in total. The van der Waals surface area contributed by atoms with Crippen molar-refractivity contribution < 1.29 is 14.0 Å². The van der Waals surface area contributed by atoms with Gasteiger partial charge in [-0.1, -0.05) is 40.7 Å². The molecular formula is C23H38O3Si. The van der Waals surface area contributed by atoms with Crippen LogP contribution in [0.15, 0.2) is 12.1 Å². The summed E-state index contributed by atoms with van der Waals surface area (Å²) in [7, 11) is -1.76. The number of hydrogen-bond donors (Lipinski definition) is 0. The van der Waals surface area contributed by atoms with E-state index in [-0.39, 0.29) is 22.3 Å². The Morgan fingerprint density at radius 3 is 2.22 bits per heavy atom. The number of hydrogen-bond acceptors (Lipinski definition) is 3. The van der Waals surface area contributed by atoms with Gasteiger partial charge < -0.3 is 9.16 Å². The molecule has 0 bridgehead atoms. The molecule has 27 heavy (non-hydrogen) atoms. The summed E-state index contributed by atoms with van der Waals surface area (Å²) in [5.41, 5.74) is 3.33. The standard InChI is InChI=1S/C23H38O3Si/c1-16-14-17(2)20(19(15-16)26-21(24)18-10-11-18)23(6,7)12-13-25-27(8,9)22(3,4)5/h14-15,18H,10-13H2,1-9H3. The Balaban J connectivity index is 2.19. The van der Waals surface area contributed by atoms with Crippen LogP contribution in [0.5, 0.6) is 5.75 Å². The first-order chi connectivity index (χ1) is 12.2. The van der Waals surface area contributed by atoms with Gasteiger partial charge in [0.15, 0.2) is 8.32 Å². The predicted octanol–water partition coefficient (Wildman–Crippen LogP) is 6.31. The Kier molecular flexibility index (Phi) is 6.33. The summed E-state index contributed by atoms with van der Waals surface area (Å²) < 4.78 is 12.3. The molecule has 0 unspecified atom stereocenters. The number of rotatable bonds is 7. The van der Waals surface area contributed by atoms with E-state index in [9.17, 15) is 4.79 Å². The fourth-order valence-corrected chi connectivity index (χ4v) is 4.34. The van der Waals surface area contributed by atoms with Crippen LogP contribution in [0.2, 0.25) is 18.1 Å². The van der Waals surface area contributed by atoms with Crippen molar-refractivity contribution in [1.29, 1.82) is 0 Å². The average Bonchev–Trinajstić information content (AvgIpc) is 3.28. The molecule has 1 aliphatic carbocycles. The van der Waals surface area contributed by atoms with Gasteiger partial charge in [0, 0.05) is 12.2 Å². The zero-order chi connectivity index (χ0) is 20.6. The van der Waals surface area contributed by atoms with E-state index in [0.29, 0.717) is 0 Å². The Morgan fingerprint density at radius 1 is 1.11 bits per heavy atom. The van der Waals surface area contributed by atoms with E-state index in [2.05, 4.69) is 67.6 Å². The zero-order valence-electron chi connectivity index (χ0n) is 18.8. The highest BCUT2D eigenvalue weighted by Crippen LogP contribution is 2.41. The maximum absolute atomic E-state index is 12.3. The van der Waals surface area contributed by atoms with Gasteiger partial charge in [-0.05, 0) is 73.9 Å². The maximum Gasteiger partial charge on any atom is 0.314 e. The summed E-state index contributed by atoms with van der Waals surface area (Å²) in [6.07, 6.45) is 2.82. The van der Waals surface area contributed by atoms with Crippen molar-refractivity contribution in [3.63, 3.8) is 0 Å². The van der Waals surface area contributed by atoms with E-state index in [1.165, 1.54) is 5.56 Å². The lowest BCUT2D eigenvalue weighted by atomic mass is 9.78. The van der Waals surface area contributed by atoms with Gasteiger partial charge in [0.2, 0.25) is 0 Å². The van der Waals surface area contributed by atoms with Crippen molar-refractivity contribution in [3.8, 4) is 5.75 Å². The van der Waals surface area contributed by atoms with Gasteiger partial charge in [-0.3, -0.25) is 4.79 Å². The Morgan fingerprint density at radius 2 is 1.70 bits per heavy atom. The number of carbonyl (C=O) groups is 1. The van der Waals surface area contributed by atoms with E-state index in [1.807, 2.05) is 6.07 Å². The molecule has 0 heterocycles. The highest BCUT2D eigenvalue weighted by Gasteiger charge is 2.38. The van der Waals surface area contributed by atoms with E-state index < -0.39 is 8.32 Å². The lowest BCUT2D eigenvalue weighted by molar-refractivity contribution is -0.135. The van der Waals surface area contributed by atoms with Crippen molar-refractivity contribution in [2.24, 2.45) is 5.92 Å². The van der Waals surface area contributed by atoms with Gasteiger partial charge in [-0.15, -0.1) is 0 Å². The molecule has 0 amide bonds. The third-order valence-electron chi connectivity index (χ3n) is 6.24. The van der Waals surface area contributed by atoms with E-state index in [0.717, 1.165) is 42.7 Å². The molecule has 4 heteroatoms. The molecule has 2 rings (SSSR count). The third-order valence-corrected chi connectivity index (χ3v) is 10.8. The zero-order valence-corrected chi connectivity index (χ0v) is 19.8. The lowest BCUT2D eigenvalue weighted by Crippen LogP contribution is -2.41. The largest absolute Gasteiger partial charge is 0.426 e. The number of aryl methyl sites for hydroxylation is 2. The summed E-state index contributed by atoms with van der Waals surface area (Å²) in [5, 5.41) is 0.210. The maximum atomic E-state index is 12.3. The van der Waals surface area contributed by atoms with Crippen molar-refractivity contribution in [2.75, 3.05) is 6.61 Å². The second-order valence-corrected chi connectivity index (χ2v) is 15.2. The summed E-state index contributed by atoms with van der Waals surface area (Å²) >= 11 is 0. The van der Waals surface area contributed by atoms with Crippen LogP contribution in [0.1, 0.15) is 70.6 Å². The second kappa shape index (κ2) is 7.71. The second-order valence-electron chi connectivity index (χ2n) is 10.4. The molecular weight excluding hydrogens is 352 g/mol. The van der Waals surface area contributed by atoms with Crippen LogP contribution in [0.25, 0.3) is 0 Å². The molecule has 0 aliphatic heterocycles. The van der Waals surface area contributed by atoms with Crippen LogP contribution in [0, 0.1) is 19.8 Å². The fourth-order valence-electron chi connectivity index (χ4n) is 3.29. The predicted molar refractivity (Wildman–Crippen MR) is 115 cm³/mol. The minimum atomic E-state index is -1.76. The van der Waals surface area contributed by atoms with Crippen molar-refractivity contribution in [1.82, 2.24) is 0 Å². The highest BCUT2D eigenvalue weighted by atomic mass is 28.4. The minimum Gasteiger partial charge on any atom is -0.426 e. The number of carbonyl (C=O) groups excluding carboxylic acids is 1. The van der Waals surface area contributed by atoms with Gasteiger partial charge in [0.05, 0.1) is 5.92 Å². The molecule has 0 saturated heterocycles. The third kappa shape index (κ3) is 5.45. The van der Waals surface area contributed by atoms with Crippen LogP contribution >= 0.6 is 0 Å². The van der Waals surface area contributed by atoms with Crippen LogP contribution in [0.4, 0.5) is 0 Å². The quantitative estimate of drug-likeness (QED) is 0.311. The number of benzene rings is 1. The van der Waals surface area contributed by atoms with Crippen molar-refractivity contribution in [3.05, 3.63) is 28.8 Å². The molecule has 0 spiro atoms. The molecule has 1 fully saturated rings. The summed E-state index contributed by atoms with van der Waals surface area (Å²) in [6, 6.07) is 4.19. The van der Waals surface area contributed by atoms with Crippen LogP contribution in [-0.2, 0) is 14.6 Å². The average molecular weight is 391 g/mol. The molecule has 1 aromatic carbocycles. The fraction of sp³-hybridized carbons (Fsp3) is 0.696. The Bertz CT molecular complexity index is 694. The normalized spacial score (nSPS) is 15.7. The van der Waals surface area contributed by atoms with Crippen LogP contribution < -0.4 is 4.74 Å². The smallest absolute Gasteiger partial charge is 0.314 e. The summed E-state index contributed by atoms with van der Waals surface area (Å²) in [4.78, 5) is 12.3. The lowest BCUT2D eigenvalue weighted by Gasteiger charge is -2.37. The molecule has 1 aliphatic rings. The van der Waals surface area contributed by atoms with Gasteiger partial charge in [0.25, 0.3) is 0 Å². The van der Waals surface area contributed by atoms with Crippen molar-refractivity contribution in [2.45, 2.75) is 91.3 Å². The monoisotopic (exact) mass is 390 g/mol. The Labute approximate surface area is 167 Å². The molecule has 1 aromatic rings. The first-order valence-electron chi connectivity index (χ1n) is 10.2. The number of esters is 1. The van der Waals surface area contributed by atoms with E-state index in [1.54, 1.807) is 0 Å². The Hall–Kier alpha value is -1.13. The molecule has 0 N–H and O–H groups in total. The molecule has 0 radical (unpaired) electrons. The van der Waals surface area contributed by atoms with Gasteiger partial charge in [-0.25, -0.2) is 0 Å². The minimum absolute atomic E-state index is 0.0745. The van der Waals surface area contributed by atoms with Crippen molar-refractivity contribution >= 4 is 14.3 Å². The number of ether oxygens (including phenoxy) is 1. The summed E-state index contributed by atoms with van der Waals surface area (Å²) in [5.74, 6) is 0.764. The van der Waals surface area contributed by atoms with Crippen LogP contribution in [-0.4, -0.2) is 20.9 Å². The first-order valence-corrected chi connectivity index (χ1v) is 13.1. The van der Waals surface area contributed by atoms with Gasteiger partial charge in [-0.2, -0.15) is 0 Å². The molecule has 152 valence electrons.